The van der Waals surface area contributed by atoms with Crippen LogP contribution in [0.1, 0.15) is 18.4 Å². The van der Waals surface area contributed by atoms with E-state index in [9.17, 15) is 8.42 Å². The van der Waals surface area contributed by atoms with Gasteiger partial charge < -0.3 is 5.32 Å². The van der Waals surface area contributed by atoms with Crippen LogP contribution >= 0.6 is 0 Å². The Bertz CT molecular complexity index is 483. The zero-order valence-electron chi connectivity index (χ0n) is 9.73. The molecule has 17 heavy (non-hydrogen) atoms. The van der Waals surface area contributed by atoms with E-state index in [-0.39, 0.29) is 0 Å². The van der Waals surface area contributed by atoms with Crippen molar-refractivity contribution in [2.45, 2.75) is 25.4 Å². The number of rotatable bonds is 6. The van der Waals surface area contributed by atoms with Gasteiger partial charge in [0.15, 0.2) is 0 Å². The Morgan fingerprint density at radius 1 is 1.35 bits per heavy atom. The first-order valence-corrected chi connectivity index (χ1v) is 7.11. The van der Waals surface area contributed by atoms with Crippen LogP contribution in [0.5, 0.6) is 0 Å². The van der Waals surface area contributed by atoms with Gasteiger partial charge in [-0.1, -0.05) is 12.1 Å². The molecule has 1 aromatic rings. The van der Waals surface area contributed by atoms with Crippen LogP contribution < -0.4 is 14.8 Å². The fourth-order valence-corrected chi connectivity index (χ4v) is 2.04. The van der Waals surface area contributed by atoms with Crippen molar-refractivity contribution in [1.29, 1.82) is 0 Å². The van der Waals surface area contributed by atoms with Crippen molar-refractivity contribution in [1.82, 2.24) is 10.0 Å². The molecule has 94 valence electrons. The van der Waals surface area contributed by atoms with Gasteiger partial charge in [0.25, 0.3) is 10.2 Å². The monoisotopic (exact) mass is 255 g/mol. The van der Waals surface area contributed by atoms with E-state index in [0.29, 0.717) is 11.7 Å². The SMILES string of the molecule is CNS(=O)(=O)Nc1cccc(CNC2CC2)c1. The van der Waals surface area contributed by atoms with Crippen molar-refractivity contribution in [3.8, 4) is 0 Å². The van der Waals surface area contributed by atoms with Crippen LogP contribution in [0.4, 0.5) is 5.69 Å². The first-order valence-electron chi connectivity index (χ1n) is 5.63. The molecule has 0 atom stereocenters. The van der Waals surface area contributed by atoms with Crippen LogP contribution in [0.3, 0.4) is 0 Å². The third-order valence-electron chi connectivity index (χ3n) is 2.62. The molecule has 0 unspecified atom stereocenters. The van der Waals surface area contributed by atoms with E-state index in [1.54, 1.807) is 6.07 Å². The molecule has 6 heteroatoms. The van der Waals surface area contributed by atoms with Crippen molar-refractivity contribution >= 4 is 15.9 Å². The normalized spacial score (nSPS) is 15.8. The van der Waals surface area contributed by atoms with Crippen LogP contribution in [0.25, 0.3) is 0 Å². The first kappa shape index (κ1) is 12.3. The zero-order chi connectivity index (χ0) is 12.3. The molecule has 2 rings (SSSR count). The number of hydrogen-bond acceptors (Lipinski definition) is 3. The fraction of sp³-hybridized carbons (Fsp3) is 0.455. The minimum absolute atomic E-state index is 0.578. The summed E-state index contributed by atoms with van der Waals surface area (Å²) in [5.41, 5.74) is 1.66. The topological polar surface area (TPSA) is 70.2 Å². The van der Waals surface area contributed by atoms with Gasteiger partial charge >= 0.3 is 0 Å². The van der Waals surface area contributed by atoms with E-state index < -0.39 is 10.2 Å². The molecule has 0 heterocycles. The van der Waals surface area contributed by atoms with Gasteiger partial charge in [0.1, 0.15) is 0 Å². The summed E-state index contributed by atoms with van der Waals surface area (Å²) in [4.78, 5) is 0. The average Bonchev–Trinajstić information content (AvgIpc) is 3.10. The summed E-state index contributed by atoms with van der Waals surface area (Å²) in [6.07, 6.45) is 2.48. The van der Waals surface area contributed by atoms with Gasteiger partial charge in [0.2, 0.25) is 0 Å². The lowest BCUT2D eigenvalue weighted by Gasteiger charge is -2.08. The highest BCUT2D eigenvalue weighted by molar-refractivity contribution is 7.90. The minimum atomic E-state index is -3.43. The number of benzene rings is 1. The summed E-state index contributed by atoms with van der Waals surface area (Å²) >= 11 is 0. The molecule has 0 saturated heterocycles. The van der Waals surface area contributed by atoms with E-state index in [1.807, 2.05) is 18.2 Å². The van der Waals surface area contributed by atoms with Crippen molar-refractivity contribution in [2.24, 2.45) is 0 Å². The Labute approximate surface area is 102 Å². The Kier molecular flexibility index (Phi) is 3.66. The molecule has 0 amide bonds. The third-order valence-corrected chi connectivity index (χ3v) is 3.66. The molecule has 1 aromatic carbocycles. The number of hydrogen-bond donors (Lipinski definition) is 3. The largest absolute Gasteiger partial charge is 0.310 e. The molecule has 0 aromatic heterocycles. The molecule has 5 nitrogen and oxygen atoms in total. The summed E-state index contributed by atoms with van der Waals surface area (Å²) < 4.78 is 27.3. The highest BCUT2D eigenvalue weighted by Gasteiger charge is 2.19. The van der Waals surface area contributed by atoms with Gasteiger partial charge in [-0.25, -0.2) is 4.72 Å². The molecule has 1 saturated carbocycles. The molecule has 1 aliphatic rings. The van der Waals surface area contributed by atoms with Gasteiger partial charge in [-0.05, 0) is 30.5 Å². The smallest absolute Gasteiger partial charge is 0.298 e. The van der Waals surface area contributed by atoms with Crippen molar-refractivity contribution in [3.63, 3.8) is 0 Å². The molecular weight excluding hydrogens is 238 g/mol. The van der Waals surface area contributed by atoms with Gasteiger partial charge in [-0.2, -0.15) is 8.42 Å². The van der Waals surface area contributed by atoms with Gasteiger partial charge in [-0.15, -0.1) is 0 Å². The Morgan fingerprint density at radius 3 is 2.76 bits per heavy atom. The highest BCUT2D eigenvalue weighted by Crippen LogP contribution is 2.20. The van der Waals surface area contributed by atoms with E-state index in [1.165, 1.54) is 19.9 Å². The van der Waals surface area contributed by atoms with Crippen LogP contribution in [0.15, 0.2) is 24.3 Å². The molecule has 1 aliphatic carbocycles. The fourth-order valence-electron chi connectivity index (χ4n) is 1.50. The van der Waals surface area contributed by atoms with E-state index in [0.717, 1.165) is 12.1 Å². The maximum absolute atomic E-state index is 11.3. The van der Waals surface area contributed by atoms with Gasteiger partial charge in [0, 0.05) is 19.6 Å². The van der Waals surface area contributed by atoms with E-state index in [4.69, 9.17) is 0 Å². The van der Waals surface area contributed by atoms with Crippen LogP contribution in [-0.2, 0) is 16.8 Å². The molecule has 0 aliphatic heterocycles. The average molecular weight is 255 g/mol. The van der Waals surface area contributed by atoms with Crippen molar-refractivity contribution in [2.75, 3.05) is 11.8 Å². The summed E-state index contributed by atoms with van der Waals surface area (Å²) in [6.45, 7) is 0.778. The second kappa shape index (κ2) is 5.03. The molecular formula is C11H17N3O2S. The van der Waals surface area contributed by atoms with Crippen LogP contribution in [-0.4, -0.2) is 21.5 Å². The van der Waals surface area contributed by atoms with E-state index >= 15 is 0 Å². The second-order valence-electron chi connectivity index (χ2n) is 4.17. The Hall–Kier alpha value is -1.11. The summed E-state index contributed by atoms with van der Waals surface area (Å²) in [5.74, 6) is 0. The maximum Gasteiger partial charge on any atom is 0.298 e. The summed E-state index contributed by atoms with van der Waals surface area (Å²) in [7, 11) is -2.05. The maximum atomic E-state index is 11.3. The number of nitrogens with one attached hydrogen (secondary N) is 3. The quantitative estimate of drug-likeness (QED) is 0.704. The van der Waals surface area contributed by atoms with Gasteiger partial charge in [0.05, 0.1) is 5.69 Å². The van der Waals surface area contributed by atoms with E-state index in [2.05, 4.69) is 14.8 Å². The molecule has 1 fully saturated rings. The lowest BCUT2D eigenvalue weighted by Crippen LogP contribution is -2.26. The van der Waals surface area contributed by atoms with Crippen molar-refractivity contribution < 1.29 is 8.42 Å². The second-order valence-corrected chi connectivity index (χ2v) is 5.78. The summed E-state index contributed by atoms with van der Waals surface area (Å²) in [6, 6.07) is 8.04. The summed E-state index contributed by atoms with van der Waals surface area (Å²) in [5, 5.41) is 3.38. The Balaban J connectivity index is 2.00. The Morgan fingerprint density at radius 2 is 2.12 bits per heavy atom. The first-order chi connectivity index (χ1) is 8.09. The third kappa shape index (κ3) is 3.99. The molecule has 3 N–H and O–H groups in total. The molecule has 0 radical (unpaired) electrons. The molecule has 0 bridgehead atoms. The minimum Gasteiger partial charge on any atom is -0.310 e. The molecule has 0 spiro atoms. The predicted molar refractivity (Wildman–Crippen MR) is 67.9 cm³/mol. The predicted octanol–water partition coefficient (Wildman–Crippen LogP) is 0.815. The van der Waals surface area contributed by atoms with Gasteiger partial charge in [-0.3, -0.25) is 4.72 Å². The lowest BCUT2D eigenvalue weighted by molar-refractivity contribution is 0.593. The standard InChI is InChI=1S/C11H17N3O2S/c1-12-17(15,16)14-11-4-2-3-9(7-11)8-13-10-5-6-10/h2-4,7,10,12-14H,5-6,8H2,1H3. The number of anilines is 1. The van der Waals surface area contributed by atoms with Crippen LogP contribution in [0, 0.1) is 0 Å². The lowest BCUT2D eigenvalue weighted by atomic mass is 10.2. The zero-order valence-corrected chi connectivity index (χ0v) is 10.5. The van der Waals surface area contributed by atoms with Crippen LogP contribution in [0.2, 0.25) is 0 Å². The highest BCUT2D eigenvalue weighted by atomic mass is 32.2. The van der Waals surface area contributed by atoms with Crippen molar-refractivity contribution in [3.05, 3.63) is 29.8 Å².